The van der Waals surface area contributed by atoms with Crippen LogP contribution in [0, 0.1) is 18.8 Å². The van der Waals surface area contributed by atoms with Crippen LogP contribution >= 0.6 is 0 Å². The van der Waals surface area contributed by atoms with Crippen LogP contribution in [0.4, 0.5) is 0 Å². The van der Waals surface area contributed by atoms with Gasteiger partial charge in [0.25, 0.3) is 0 Å². The highest BCUT2D eigenvalue weighted by Crippen LogP contribution is 2.33. The molecule has 4 heteroatoms. The normalized spacial score (nSPS) is 30.2. The van der Waals surface area contributed by atoms with Gasteiger partial charge in [-0.2, -0.15) is 0 Å². The second-order valence-electron chi connectivity index (χ2n) is 7.47. The molecule has 0 aromatic heterocycles. The van der Waals surface area contributed by atoms with Crippen LogP contribution in [0.5, 0.6) is 0 Å². The second kappa shape index (κ2) is 8.13. The zero-order valence-electron chi connectivity index (χ0n) is 14.7. The van der Waals surface area contributed by atoms with Gasteiger partial charge >= 0.3 is 0 Å². The molecule has 2 aliphatic rings. The van der Waals surface area contributed by atoms with Crippen molar-refractivity contribution in [3.63, 3.8) is 0 Å². The summed E-state index contributed by atoms with van der Waals surface area (Å²) in [5.41, 5.74) is 8.55. The van der Waals surface area contributed by atoms with E-state index < -0.39 is 0 Å². The lowest BCUT2D eigenvalue weighted by Gasteiger charge is -2.32. The lowest BCUT2D eigenvalue weighted by Crippen LogP contribution is -2.37. The number of hydrogen-bond donors (Lipinski definition) is 2. The maximum Gasteiger partial charge on any atom is 0.220 e. The fraction of sp³-hybridized carbons (Fsp3) is 0.650. The van der Waals surface area contributed by atoms with Gasteiger partial charge in [0.2, 0.25) is 5.91 Å². The molecule has 1 saturated heterocycles. The van der Waals surface area contributed by atoms with E-state index in [1.54, 1.807) is 0 Å². The molecule has 0 radical (unpaired) electrons. The number of hydrogen-bond acceptors (Lipinski definition) is 3. The van der Waals surface area contributed by atoms with Gasteiger partial charge in [-0.15, -0.1) is 0 Å². The molecule has 1 heterocycles. The van der Waals surface area contributed by atoms with E-state index in [2.05, 4.69) is 36.5 Å². The van der Waals surface area contributed by atoms with E-state index in [4.69, 9.17) is 10.5 Å². The van der Waals surface area contributed by atoms with E-state index in [0.29, 0.717) is 24.8 Å². The van der Waals surface area contributed by atoms with E-state index in [0.717, 1.165) is 38.7 Å². The van der Waals surface area contributed by atoms with Crippen LogP contribution < -0.4 is 11.1 Å². The molecule has 4 atom stereocenters. The number of nitrogens with one attached hydrogen (secondary N) is 1. The van der Waals surface area contributed by atoms with Gasteiger partial charge in [0, 0.05) is 31.5 Å². The van der Waals surface area contributed by atoms with Gasteiger partial charge in [-0.25, -0.2) is 0 Å². The molecule has 2 unspecified atom stereocenters. The Balaban J connectivity index is 1.54. The summed E-state index contributed by atoms with van der Waals surface area (Å²) < 4.78 is 6.03. The molecule has 0 spiro atoms. The Morgan fingerprint density at radius 3 is 2.62 bits per heavy atom. The standard InChI is InChI=1S/C20H30N2O2/c1-14-7-9-15(10-8-14)20-17(5-3-11-24-20)13-22-19(23)12-16-4-2-6-18(16)21/h7-10,16-18,20H,2-6,11-13,21H2,1H3,(H,22,23)/t16-,17?,18+,20?/m0/s1. The van der Waals surface area contributed by atoms with Crippen molar-refractivity contribution in [2.75, 3.05) is 13.2 Å². The quantitative estimate of drug-likeness (QED) is 0.872. The first-order valence-corrected chi connectivity index (χ1v) is 9.34. The van der Waals surface area contributed by atoms with Gasteiger partial charge in [0.05, 0.1) is 6.10 Å². The number of amides is 1. The first-order valence-electron chi connectivity index (χ1n) is 9.34. The van der Waals surface area contributed by atoms with Crippen LogP contribution in [0.3, 0.4) is 0 Å². The first-order chi connectivity index (χ1) is 11.6. The van der Waals surface area contributed by atoms with Gasteiger partial charge in [-0.3, -0.25) is 4.79 Å². The van der Waals surface area contributed by atoms with Crippen molar-refractivity contribution in [1.29, 1.82) is 0 Å². The third-order valence-electron chi connectivity index (χ3n) is 5.58. The third kappa shape index (κ3) is 4.37. The molecule has 1 aliphatic carbocycles. The van der Waals surface area contributed by atoms with Crippen LogP contribution in [0.25, 0.3) is 0 Å². The van der Waals surface area contributed by atoms with Crippen LogP contribution in [0.15, 0.2) is 24.3 Å². The van der Waals surface area contributed by atoms with Gasteiger partial charge < -0.3 is 15.8 Å². The summed E-state index contributed by atoms with van der Waals surface area (Å²) in [5.74, 6) is 0.855. The minimum absolute atomic E-state index is 0.0911. The number of nitrogens with two attached hydrogens (primary N) is 1. The van der Waals surface area contributed by atoms with E-state index in [9.17, 15) is 4.79 Å². The van der Waals surface area contributed by atoms with Crippen molar-refractivity contribution < 1.29 is 9.53 Å². The molecule has 1 amide bonds. The summed E-state index contributed by atoms with van der Waals surface area (Å²) >= 11 is 0. The second-order valence-corrected chi connectivity index (χ2v) is 7.47. The Kier molecular flexibility index (Phi) is 5.90. The maximum atomic E-state index is 12.3. The molecule has 0 bridgehead atoms. The van der Waals surface area contributed by atoms with Crippen molar-refractivity contribution in [1.82, 2.24) is 5.32 Å². The largest absolute Gasteiger partial charge is 0.373 e. The Morgan fingerprint density at radius 2 is 1.92 bits per heavy atom. The minimum atomic E-state index is 0.0911. The highest BCUT2D eigenvalue weighted by atomic mass is 16.5. The van der Waals surface area contributed by atoms with Crippen LogP contribution in [-0.2, 0) is 9.53 Å². The van der Waals surface area contributed by atoms with E-state index >= 15 is 0 Å². The SMILES string of the molecule is Cc1ccc(C2OCCCC2CNC(=O)C[C@@H]2CCC[C@H]2N)cc1. The van der Waals surface area contributed by atoms with Gasteiger partial charge in [-0.1, -0.05) is 36.2 Å². The predicted molar refractivity (Wildman–Crippen MR) is 95.5 cm³/mol. The van der Waals surface area contributed by atoms with E-state index in [1.165, 1.54) is 11.1 Å². The zero-order valence-corrected chi connectivity index (χ0v) is 14.7. The predicted octanol–water partition coefficient (Wildman–Crippen LogP) is 3.10. The molecule has 132 valence electrons. The van der Waals surface area contributed by atoms with Crippen molar-refractivity contribution in [3.8, 4) is 0 Å². The molecule has 3 rings (SSSR count). The number of aryl methyl sites for hydroxylation is 1. The zero-order chi connectivity index (χ0) is 16.9. The summed E-state index contributed by atoms with van der Waals surface area (Å²) in [4.78, 5) is 12.3. The topological polar surface area (TPSA) is 64.3 Å². The van der Waals surface area contributed by atoms with Crippen molar-refractivity contribution >= 4 is 5.91 Å². The molecule has 4 nitrogen and oxygen atoms in total. The number of carbonyl (C=O) groups is 1. The monoisotopic (exact) mass is 330 g/mol. The number of rotatable bonds is 5. The fourth-order valence-electron chi connectivity index (χ4n) is 4.05. The summed E-state index contributed by atoms with van der Waals surface area (Å²) in [6.45, 7) is 3.59. The Hall–Kier alpha value is -1.39. The van der Waals surface area contributed by atoms with E-state index in [-0.39, 0.29) is 18.1 Å². The van der Waals surface area contributed by atoms with Gasteiger partial charge in [0.1, 0.15) is 0 Å². The molecule has 1 aromatic carbocycles. The molecular weight excluding hydrogens is 300 g/mol. The average Bonchev–Trinajstić information content (AvgIpc) is 2.99. The molecule has 24 heavy (non-hydrogen) atoms. The number of carbonyl (C=O) groups excluding carboxylic acids is 1. The average molecular weight is 330 g/mol. The summed E-state index contributed by atoms with van der Waals surface area (Å²) in [5, 5.41) is 3.14. The number of benzene rings is 1. The Labute approximate surface area is 145 Å². The molecule has 1 aromatic rings. The highest BCUT2D eigenvalue weighted by Gasteiger charge is 2.29. The van der Waals surface area contributed by atoms with Crippen LogP contribution in [-0.4, -0.2) is 25.1 Å². The van der Waals surface area contributed by atoms with Crippen molar-refractivity contribution in [2.24, 2.45) is 17.6 Å². The maximum absolute atomic E-state index is 12.3. The molecule has 1 aliphatic heterocycles. The van der Waals surface area contributed by atoms with Gasteiger partial charge in [-0.05, 0) is 44.1 Å². The fourth-order valence-corrected chi connectivity index (χ4v) is 4.05. The highest BCUT2D eigenvalue weighted by molar-refractivity contribution is 5.76. The Bertz CT molecular complexity index is 543. The molecule has 3 N–H and O–H groups in total. The number of ether oxygens (including phenoxy) is 1. The van der Waals surface area contributed by atoms with E-state index in [1.807, 2.05) is 0 Å². The van der Waals surface area contributed by atoms with Crippen molar-refractivity contribution in [3.05, 3.63) is 35.4 Å². The van der Waals surface area contributed by atoms with Gasteiger partial charge in [0.15, 0.2) is 0 Å². The Morgan fingerprint density at radius 1 is 1.17 bits per heavy atom. The van der Waals surface area contributed by atoms with Crippen LogP contribution in [0.2, 0.25) is 0 Å². The molecule has 1 saturated carbocycles. The molecule has 2 fully saturated rings. The van der Waals surface area contributed by atoms with Crippen LogP contribution in [0.1, 0.15) is 55.8 Å². The lowest BCUT2D eigenvalue weighted by molar-refractivity contribution is -0.122. The molecular formula is C20H30N2O2. The van der Waals surface area contributed by atoms with Crippen molar-refractivity contribution in [2.45, 2.75) is 57.6 Å². The smallest absolute Gasteiger partial charge is 0.220 e. The summed E-state index contributed by atoms with van der Waals surface area (Å²) in [6, 6.07) is 8.76. The summed E-state index contributed by atoms with van der Waals surface area (Å²) in [6.07, 6.45) is 6.14. The lowest BCUT2D eigenvalue weighted by atomic mass is 9.89. The third-order valence-corrected chi connectivity index (χ3v) is 5.58. The first kappa shape index (κ1) is 17.4. The summed E-state index contributed by atoms with van der Waals surface area (Å²) in [7, 11) is 0. The minimum Gasteiger partial charge on any atom is -0.373 e.